The lowest BCUT2D eigenvalue weighted by Gasteiger charge is -2.12. The summed E-state index contributed by atoms with van der Waals surface area (Å²) in [5, 5.41) is 17.1. The molecule has 2 aromatic rings. The van der Waals surface area contributed by atoms with Gasteiger partial charge in [-0.05, 0) is 19.4 Å². The highest BCUT2D eigenvalue weighted by molar-refractivity contribution is 5.79. The van der Waals surface area contributed by atoms with E-state index in [-0.39, 0.29) is 18.9 Å². The normalized spacial score (nSPS) is 12.2. The molecule has 0 bridgehead atoms. The molecule has 0 unspecified atom stereocenters. The van der Waals surface area contributed by atoms with E-state index in [1.807, 2.05) is 51.2 Å². The zero-order valence-corrected chi connectivity index (χ0v) is 12.6. The van der Waals surface area contributed by atoms with Crippen LogP contribution in [0.1, 0.15) is 28.6 Å². The van der Waals surface area contributed by atoms with Gasteiger partial charge in [0.25, 0.3) is 0 Å². The minimum atomic E-state index is -0.689. The molecule has 0 radical (unpaired) electrons. The van der Waals surface area contributed by atoms with Gasteiger partial charge in [0.15, 0.2) is 0 Å². The van der Waals surface area contributed by atoms with E-state index in [1.165, 1.54) is 0 Å². The minimum Gasteiger partial charge on any atom is -0.387 e. The number of aliphatic hydroxyl groups is 1. The molecule has 1 heterocycles. The molecule has 5 nitrogen and oxygen atoms in total. The molecule has 1 amide bonds. The Bertz CT molecular complexity index is 620. The van der Waals surface area contributed by atoms with Gasteiger partial charge in [0.2, 0.25) is 5.91 Å². The zero-order valence-electron chi connectivity index (χ0n) is 12.6. The molecule has 0 aliphatic rings. The Morgan fingerprint density at radius 3 is 2.57 bits per heavy atom. The number of aromatic nitrogens is 2. The second kappa shape index (κ2) is 6.54. The van der Waals surface area contributed by atoms with Crippen LogP contribution < -0.4 is 5.32 Å². The van der Waals surface area contributed by atoms with Crippen molar-refractivity contribution in [3.8, 4) is 0 Å². The van der Waals surface area contributed by atoms with Crippen molar-refractivity contribution in [2.24, 2.45) is 7.05 Å². The van der Waals surface area contributed by atoms with Gasteiger partial charge in [0.05, 0.1) is 18.2 Å². The quantitative estimate of drug-likeness (QED) is 0.874. The van der Waals surface area contributed by atoms with Gasteiger partial charge in [0.1, 0.15) is 0 Å². The van der Waals surface area contributed by atoms with E-state index in [9.17, 15) is 9.90 Å². The number of rotatable bonds is 5. The van der Waals surface area contributed by atoms with Gasteiger partial charge in [-0.1, -0.05) is 30.3 Å². The van der Waals surface area contributed by atoms with Crippen molar-refractivity contribution in [3.05, 3.63) is 52.8 Å². The summed E-state index contributed by atoms with van der Waals surface area (Å²) in [6.45, 7) is 4.05. The summed E-state index contributed by atoms with van der Waals surface area (Å²) in [7, 11) is 1.86. The predicted molar refractivity (Wildman–Crippen MR) is 80.8 cm³/mol. The van der Waals surface area contributed by atoms with Gasteiger partial charge in [0, 0.05) is 24.8 Å². The van der Waals surface area contributed by atoms with Crippen molar-refractivity contribution in [1.82, 2.24) is 15.1 Å². The fourth-order valence-electron chi connectivity index (χ4n) is 2.30. The molecule has 0 saturated carbocycles. The lowest BCUT2D eigenvalue weighted by molar-refractivity contribution is -0.120. The molecule has 21 heavy (non-hydrogen) atoms. The molecule has 0 aliphatic heterocycles. The second-order valence-corrected chi connectivity index (χ2v) is 5.18. The topological polar surface area (TPSA) is 67.2 Å². The van der Waals surface area contributed by atoms with Crippen molar-refractivity contribution >= 4 is 5.91 Å². The van der Waals surface area contributed by atoms with Crippen molar-refractivity contribution in [1.29, 1.82) is 0 Å². The highest BCUT2D eigenvalue weighted by Gasteiger charge is 2.14. The third-order valence-electron chi connectivity index (χ3n) is 3.67. The first kappa shape index (κ1) is 15.3. The van der Waals surface area contributed by atoms with Gasteiger partial charge in [-0.3, -0.25) is 9.48 Å². The maximum atomic E-state index is 12.0. The third-order valence-corrected chi connectivity index (χ3v) is 3.67. The molecule has 0 aliphatic carbocycles. The van der Waals surface area contributed by atoms with Crippen LogP contribution >= 0.6 is 0 Å². The highest BCUT2D eigenvalue weighted by atomic mass is 16.3. The molecule has 2 rings (SSSR count). The summed E-state index contributed by atoms with van der Waals surface area (Å²) in [6.07, 6.45) is -0.404. The summed E-state index contributed by atoms with van der Waals surface area (Å²) in [6, 6.07) is 9.30. The molecule has 1 atom stereocenters. The zero-order chi connectivity index (χ0) is 15.4. The average Bonchev–Trinajstić information content (AvgIpc) is 2.72. The van der Waals surface area contributed by atoms with Gasteiger partial charge < -0.3 is 10.4 Å². The Hall–Kier alpha value is -2.14. The van der Waals surface area contributed by atoms with E-state index >= 15 is 0 Å². The first-order chi connectivity index (χ1) is 9.99. The van der Waals surface area contributed by atoms with E-state index in [1.54, 1.807) is 4.68 Å². The lowest BCUT2D eigenvalue weighted by Crippen LogP contribution is -2.30. The number of nitrogens with zero attached hydrogens (tertiary/aromatic N) is 2. The summed E-state index contributed by atoms with van der Waals surface area (Å²) >= 11 is 0. The lowest BCUT2D eigenvalue weighted by atomic mass is 10.1. The largest absolute Gasteiger partial charge is 0.387 e. The highest BCUT2D eigenvalue weighted by Crippen LogP contribution is 2.13. The second-order valence-electron chi connectivity index (χ2n) is 5.18. The Labute approximate surface area is 124 Å². The van der Waals surface area contributed by atoms with Crippen molar-refractivity contribution in [3.63, 3.8) is 0 Å². The first-order valence-electron chi connectivity index (χ1n) is 6.98. The molecule has 0 spiro atoms. The summed E-state index contributed by atoms with van der Waals surface area (Å²) in [4.78, 5) is 12.0. The standard InChI is InChI=1S/C16H21N3O2/c1-11-14(12(2)19(3)18-11)9-16(21)17-10-15(20)13-7-5-4-6-8-13/h4-8,15,20H,9-10H2,1-3H3,(H,17,21)/t15-/m0/s1. The summed E-state index contributed by atoms with van der Waals surface area (Å²) < 4.78 is 1.77. The molecule has 2 N–H and O–H groups in total. The molecule has 112 valence electrons. The molecule has 1 aromatic heterocycles. The molecule has 0 fully saturated rings. The maximum Gasteiger partial charge on any atom is 0.224 e. The van der Waals surface area contributed by atoms with Crippen LogP contribution in [0.3, 0.4) is 0 Å². The van der Waals surface area contributed by atoms with Crippen LogP contribution in [-0.2, 0) is 18.3 Å². The number of aliphatic hydroxyl groups excluding tert-OH is 1. The van der Waals surface area contributed by atoms with Crippen molar-refractivity contribution in [2.75, 3.05) is 6.54 Å². The molecular formula is C16H21N3O2. The number of hydrogen-bond acceptors (Lipinski definition) is 3. The smallest absolute Gasteiger partial charge is 0.224 e. The van der Waals surface area contributed by atoms with Crippen molar-refractivity contribution < 1.29 is 9.90 Å². The first-order valence-corrected chi connectivity index (χ1v) is 6.98. The number of hydrogen-bond donors (Lipinski definition) is 2. The maximum absolute atomic E-state index is 12.0. The molecule has 1 aromatic carbocycles. The average molecular weight is 287 g/mol. The van der Waals surface area contributed by atoms with E-state index < -0.39 is 6.10 Å². The Balaban J connectivity index is 1.91. The van der Waals surface area contributed by atoms with E-state index in [0.717, 1.165) is 22.5 Å². The van der Waals surface area contributed by atoms with Gasteiger partial charge in [-0.25, -0.2) is 0 Å². The number of benzene rings is 1. The third kappa shape index (κ3) is 3.70. The van der Waals surface area contributed by atoms with Gasteiger partial charge in [-0.15, -0.1) is 0 Å². The summed E-state index contributed by atoms with van der Waals surface area (Å²) in [5.74, 6) is -0.107. The monoisotopic (exact) mass is 287 g/mol. The Morgan fingerprint density at radius 1 is 1.33 bits per heavy atom. The van der Waals surface area contributed by atoms with Crippen LogP contribution in [0.5, 0.6) is 0 Å². The van der Waals surface area contributed by atoms with E-state index in [0.29, 0.717) is 0 Å². The number of carbonyl (C=O) groups is 1. The summed E-state index contributed by atoms with van der Waals surface area (Å²) in [5.41, 5.74) is 3.61. The van der Waals surface area contributed by atoms with Crippen LogP contribution in [0.15, 0.2) is 30.3 Å². The Morgan fingerprint density at radius 2 is 2.00 bits per heavy atom. The SMILES string of the molecule is Cc1nn(C)c(C)c1CC(=O)NC[C@H](O)c1ccccc1. The fourth-order valence-corrected chi connectivity index (χ4v) is 2.30. The molecular weight excluding hydrogens is 266 g/mol. The van der Waals surface area contributed by atoms with Crippen LogP contribution in [0.2, 0.25) is 0 Å². The van der Waals surface area contributed by atoms with Gasteiger partial charge >= 0.3 is 0 Å². The number of amides is 1. The van der Waals surface area contributed by atoms with Crippen LogP contribution in [0, 0.1) is 13.8 Å². The predicted octanol–water partition coefficient (Wildman–Crippen LogP) is 1.43. The van der Waals surface area contributed by atoms with Crippen LogP contribution in [0.25, 0.3) is 0 Å². The Kier molecular flexibility index (Phi) is 4.75. The van der Waals surface area contributed by atoms with Gasteiger partial charge in [-0.2, -0.15) is 5.10 Å². The van der Waals surface area contributed by atoms with Crippen LogP contribution in [-0.4, -0.2) is 27.3 Å². The fraction of sp³-hybridized carbons (Fsp3) is 0.375. The van der Waals surface area contributed by atoms with Crippen LogP contribution in [0.4, 0.5) is 0 Å². The number of aryl methyl sites for hydroxylation is 2. The molecule has 5 heteroatoms. The molecule has 0 saturated heterocycles. The van der Waals surface area contributed by atoms with Crippen molar-refractivity contribution in [2.45, 2.75) is 26.4 Å². The number of carbonyl (C=O) groups excluding carboxylic acids is 1. The van der Waals surface area contributed by atoms with E-state index in [2.05, 4.69) is 10.4 Å². The minimum absolute atomic E-state index is 0.107. The number of nitrogens with one attached hydrogen (secondary N) is 1. The van der Waals surface area contributed by atoms with E-state index in [4.69, 9.17) is 0 Å².